The molecule has 5 nitrogen and oxygen atoms in total. The van der Waals surface area contributed by atoms with Gasteiger partial charge in [0.2, 0.25) is 11.9 Å². The Morgan fingerprint density at radius 1 is 1.39 bits per heavy atom. The first kappa shape index (κ1) is 12.5. The Bertz CT molecular complexity index is 478. The zero-order valence-electron chi connectivity index (χ0n) is 9.80. The summed E-state index contributed by atoms with van der Waals surface area (Å²) in [5, 5.41) is 0. The molecule has 2 rings (SSSR count). The number of carbonyl (C=O) groups is 2. The normalized spacial score (nSPS) is 19.6. The molecule has 0 aliphatic carbocycles. The molecule has 2 amide bonds. The van der Waals surface area contributed by atoms with E-state index in [1.165, 1.54) is 23.1 Å². The molecule has 0 saturated carbocycles. The summed E-state index contributed by atoms with van der Waals surface area (Å²) < 4.78 is 13.0. The average molecular weight is 251 g/mol. The van der Waals surface area contributed by atoms with Gasteiger partial charge in [0.15, 0.2) is 0 Å². The highest BCUT2D eigenvalue weighted by Crippen LogP contribution is 2.19. The van der Waals surface area contributed by atoms with E-state index in [1.54, 1.807) is 0 Å². The van der Waals surface area contributed by atoms with Gasteiger partial charge in [-0.3, -0.25) is 9.59 Å². The van der Waals surface area contributed by atoms with Crippen LogP contribution in [0.1, 0.15) is 29.8 Å². The summed E-state index contributed by atoms with van der Waals surface area (Å²) >= 11 is 0. The Kier molecular flexibility index (Phi) is 3.55. The number of primary amides is 1. The summed E-state index contributed by atoms with van der Waals surface area (Å²) in [5.74, 6) is -1.69. The summed E-state index contributed by atoms with van der Waals surface area (Å²) in [7, 11) is 0. The van der Waals surface area contributed by atoms with E-state index in [0.717, 1.165) is 12.8 Å². The molecule has 18 heavy (non-hydrogen) atoms. The van der Waals surface area contributed by atoms with Crippen molar-refractivity contribution in [2.45, 2.75) is 25.3 Å². The molecule has 1 unspecified atom stereocenters. The molecule has 1 fully saturated rings. The third-order valence-corrected chi connectivity index (χ3v) is 3.03. The van der Waals surface area contributed by atoms with Crippen LogP contribution in [0.3, 0.4) is 0 Å². The third kappa shape index (κ3) is 2.47. The minimum Gasteiger partial charge on any atom is -0.368 e. The van der Waals surface area contributed by atoms with Gasteiger partial charge in [-0.15, -0.1) is 0 Å². The van der Waals surface area contributed by atoms with Crippen molar-refractivity contribution in [3.63, 3.8) is 0 Å². The number of hydrogen-bond acceptors (Lipinski definition) is 3. The van der Waals surface area contributed by atoms with E-state index >= 15 is 0 Å². The standard InChI is InChI=1S/C12H14FN3O2/c13-10-6-3-4-8(15-10)12(18)16-7-2-1-5-9(16)11(14)17/h3-4,6,9H,1-2,5,7H2,(H2,14,17). The predicted molar refractivity (Wildman–Crippen MR) is 62.1 cm³/mol. The number of nitrogens with zero attached hydrogens (tertiary/aromatic N) is 2. The van der Waals surface area contributed by atoms with E-state index in [0.29, 0.717) is 13.0 Å². The van der Waals surface area contributed by atoms with Crippen LogP contribution in [0.15, 0.2) is 18.2 Å². The number of nitrogens with two attached hydrogens (primary N) is 1. The van der Waals surface area contributed by atoms with Gasteiger partial charge < -0.3 is 10.6 Å². The lowest BCUT2D eigenvalue weighted by molar-refractivity contribution is -0.123. The highest BCUT2D eigenvalue weighted by atomic mass is 19.1. The van der Waals surface area contributed by atoms with Gasteiger partial charge in [0.25, 0.3) is 5.91 Å². The van der Waals surface area contributed by atoms with Gasteiger partial charge in [-0.05, 0) is 31.4 Å². The first-order valence-electron chi connectivity index (χ1n) is 5.82. The second kappa shape index (κ2) is 5.12. The van der Waals surface area contributed by atoms with Crippen molar-refractivity contribution in [2.24, 2.45) is 5.73 Å². The van der Waals surface area contributed by atoms with Gasteiger partial charge in [0, 0.05) is 6.54 Å². The lowest BCUT2D eigenvalue weighted by Gasteiger charge is -2.33. The first-order valence-corrected chi connectivity index (χ1v) is 5.82. The first-order chi connectivity index (χ1) is 8.59. The minimum absolute atomic E-state index is 0.00292. The van der Waals surface area contributed by atoms with Crippen molar-refractivity contribution in [2.75, 3.05) is 6.54 Å². The Morgan fingerprint density at radius 3 is 2.83 bits per heavy atom. The van der Waals surface area contributed by atoms with E-state index in [1.807, 2.05) is 0 Å². The zero-order chi connectivity index (χ0) is 13.1. The summed E-state index contributed by atoms with van der Waals surface area (Å²) in [4.78, 5) is 28.4. The molecule has 0 aromatic carbocycles. The van der Waals surface area contributed by atoms with Crippen molar-refractivity contribution in [3.8, 4) is 0 Å². The molecule has 0 spiro atoms. The predicted octanol–water partition coefficient (Wildman–Crippen LogP) is 0.701. The summed E-state index contributed by atoms with van der Waals surface area (Å²) in [6.45, 7) is 0.449. The van der Waals surface area contributed by atoms with E-state index in [4.69, 9.17) is 5.73 Å². The molecular formula is C12H14FN3O2. The van der Waals surface area contributed by atoms with E-state index in [9.17, 15) is 14.0 Å². The number of hydrogen-bond donors (Lipinski definition) is 1. The zero-order valence-corrected chi connectivity index (χ0v) is 9.80. The number of rotatable bonds is 2. The molecule has 1 aromatic heterocycles. The number of likely N-dealkylation sites (tertiary alicyclic amines) is 1. The summed E-state index contributed by atoms with van der Waals surface area (Å²) in [6.07, 6.45) is 2.22. The lowest BCUT2D eigenvalue weighted by atomic mass is 10.0. The van der Waals surface area contributed by atoms with E-state index in [-0.39, 0.29) is 5.69 Å². The molecule has 1 aliphatic heterocycles. The van der Waals surface area contributed by atoms with Crippen LogP contribution >= 0.6 is 0 Å². The van der Waals surface area contributed by atoms with E-state index < -0.39 is 23.8 Å². The van der Waals surface area contributed by atoms with Crippen molar-refractivity contribution in [1.82, 2.24) is 9.88 Å². The number of halogens is 1. The number of amides is 2. The minimum atomic E-state index is -0.714. The van der Waals surface area contributed by atoms with Crippen LogP contribution < -0.4 is 5.73 Å². The monoisotopic (exact) mass is 251 g/mol. The Hall–Kier alpha value is -1.98. The van der Waals surface area contributed by atoms with Gasteiger partial charge in [-0.2, -0.15) is 4.39 Å². The van der Waals surface area contributed by atoms with Crippen molar-refractivity contribution >= 4 is 11.8 Å². The van der Waals surface area contributed by atoms with E-state index in [2.05, 4.69) is 4.98 Å². The van der Waals surface area contributed by atoms with Crippen LogP contribution in [0.5, 0.6) is 0 Å². The summed E-state index contributed by atoms with van der Waals surface area (Å²) in [5.41, 5.74) is 5.28. The average Bonchev–Trinajstić information content (AvgIpc) is 2.38. The fourth-order valence-electron chi connectivity index (χ4n) is 2.14. The van der Waals surface area contributed by atoms with Crippen LogP contribution in [0.2, 0.25) is 0 Å². The molecule has 0 bridgehead atoms. The lowest BCUT2D eigenvalue weighted by Crippen LogP contribution is -2.50. The fourth-order valence-corrected chi connectivity index (χ4v) is 2.14. The molecule has 1 atom stereocenters. The van der Waals surface area contributed by atoms with Crippen molar-refractivity contribution in [3.05, 3.63) is 29.8 Å². The molecule has 1 aromatic rings. The SMILES string of the molecule is NC(=O)C1CCCCN1C(=O)c1cccc(F)n1. The largest absolute Gasteiger partial charge is 0.368 e. The van der Waals surface area contributed by atoms with Crippen LogP contribution in [0.4, 0.5) is 4.39 Å². The second-order valence-electron chi connectivity index (χ2n) is 4.26. The van der Waals surface area contributed by atoms with Crippen molar-refractivity contribution in [1.29, 1.82) is 0 Å². The highest BCUT2D eigenvalue weighted by molar-refractivity contribution is 5.95. The van der Waals surface area contributed by atoms with Crippen LogP contribution in [0.25, 0.3) is 0 Å². The number of piperidine rings is 1. The van der Waals surface area contributed by atoms with Crippen molar-refractivity contribution < 1.29 is 14.0 Å². The quantitative estimate of drug-likeness (QED) is 0.786. The Balaban J connectivity index is 2.23. The molecule has 2 heterocycles. The third-order valence-electron chi connectivity index (χ3n) is 3.03. The maximum Gasteiger partial charge on any atom is 0.273 e. The Morgan fingerprint density at radius 2 is 2.17 bits per heavy atom. The molecule has 1 saturated heterocycles. The van der Waals surface area contributed by atoms with Gasteiger partial charge in [-0.25, -0.2) is 4.98 Å². The van der Waals surface area contributed by atoms with Gasteiger partial charge >= 0.3 is 0 Å². The molecular weight excluding hydrogens is 237 g/mol. The van der Waals surface area contributed by atoms with Crippen LogP contribution in [-0.4, -0.2) is 34.3 Å². The second-order valence-corrected chi connectivity index (χ2v) is 4.26. The number of carbonyl (C=O) groups excluding carboxylic acids is 2. The van der Waals surface area contributed by atoms with Crippen LogP contribution in [-0.2, 0) is 4.79 Å². The van der Waals surface area contributed by atoms with Gasteiger partial charge in [0.1, 0.15) is 11.7 Å². The number of pyridine rings is 1. The topological polar surface area (TPSA) is 76.3 Å². The number of aromatic nitrogens is 1. The molecule has 6 heteroatoms. The maximum atomic E-state index is 13.0. The summed E-state index contributed by atoms with van der Waals surface area (Å²) in [6, 6.07) is 3.39. The van der Waals surface area contributed by atoms with Gasteiger partial charge in [-0.1, -0.05) is 6.07 Å². The molecule has 96 valence electrons. The fraction of sp³-hybridized carbons (Fsp3) is 0.417. The smallest absolute Gasteiger partial charge is 0.273 e. The molecule has 2 N–H and O–H groups in total. The molecule has 0 radical (unpaired) electrons. The molecule has 1 aliphatic rings. The maximum absolute atomic E-state index is 13.0. The van der Waals surface area contributed by atoms with Crippen LogP contribution in [0, 0.1) is 5.95 Å². The Labute approximate surface area is 104 Å². The highest BCUT2D eigenvalue weighted by Gasteiger charge is 2.31. The van der Waals surface area contributed by atoms with Gasteiger partial charge in [0.05, 0.1) is 0 Å².